The van der Waals surface area contributed by atoms with Crippen LogP contribution >= 0.6 is 24.0 Å². The zero-order chi connectivity index (χ0) is 20.0. The Morgan fingerprint density at radius 2 is 1.89 bits per heavy atom. The summed E-state index contributed by atoms with van der Waals surface area (Å²) in [7, 11) is 3.51. The quantitative estimate of drug-likeness (QED) is 0.354. The first-order valence-corrected chi connectivity index (χ1v) is 9.73. The Balaban J connectivity index is 0.00000392. The van der Waals surface area contributed by atoms with Crippen LogP contribution in [-0.2, 0) is 11.3 Å². The lowest BCUT2D eigenvalue weighted by atomic mass is 10.00. The molecule has 160 valence electrons. The number of nitrogens with one attached hydrogen (secondary N) is 2. The highest BCUT2D eigenvalue weighted by atomic mass is 127. The van der Waals surface area contributed by atoms with Crippen molar-refractivity contribution in [2.45, 2.75) is 58.9 Å². The van der Waals surface area contributed by atoms with Crippen LogP contribution in [0.4, 0.5) is 0 Å². The van der Waals surface area contributed by atoms with Crippen molar-refractivity contribution in [1.29, 1.82) is 0 Å². The zero-order valence-corrected chi connectivity index (χ0v) is 20.7. The topological polar surface area (TPSA) is 58.1 Å². The Bertz CT molecular complexity index is 641. The van der Waals surface area contributed by atoms with Gasteiger partial charge in [-0.1, -0.05) is 12.1 Å². The number of aryl methyl sites for hydroxylation is 1. The molecule has 0 aliphatic carbocycles. The summed E-state index contributed by atoms with van der Waals surface area (Å²) in [6.45, 7) is 14.2. The van der Waals surface area contributed by atoms with Crippen LogP contribution in [0.2, 0.25) is 0 Å². The van der Waals surface area contributed by atoms with Crippen LogP contribution in [0.1, 0.15) is 38.8 Å². The standard InChI is InChI=1S/C21H36N4O2.HI/c1-15-8-9-18(19(10-15)26-7)11-23-20(22-6)24-14-21(4,5)25-12-16(2)27-17(3)13-25;/h8-10,16-17H,11-14H2,1-7H3,(H2,22,23,24);1H. The second kappa shape index (κ2) is 11.2. The van der Waals surface area contributed by atoms with E-state index in [1.54, 1.807) is 14.2 Å². The number of benzene rings is 1. The number of rotatable bonds is 6. The van der Waals surface area contributed by atoms with Crippen molar-refractivity contribution in [3.8, 4) is 5.75 Å². The van der Waals surface area contributed by atoms with Crippen molar-refractivity contribution in [3.05, 3.63) is 29.3 Å². The van der Waals surface area contributed by atoms with E-state index in [1.165, 1.54) is 5.56 Å². The number of ether oxygens (including phenoxy) is 2. The fourth-order valence-electron chi connectivity index (χ4n) is 3.48. The smallest absolute Gasteiger partial charge is 0.191 e. The number of guanidine groups is 1. The van der Waals surface area contributed by atoms with Crippen molar-refractivity contribution in [2.24, 2.45) is 4.99 Å². The minimum Gasteiger partial charge on any atom is -0.496 e. The molecule has 1 saturated heterocycles. The average Bonchev–Trinajstić information content (AvgIpc) is 2.61. The fraction of sp³-hybridized carbons (Fsp3) is 0.667. The van der Waals surface area contributed by atoms with Gasteiger partial charge in [0.05, 0.1) is 19.3 Å². The highest BCUT2D eigenvalue weighted by Gasteiger charge is 2.33. The van der Waals surface area contributed by atoms with E-state index in [1.807, 2.05) is 0 Å². The maximum absolute atomic E-state index is 5.87. The molecule has 2 N–H and O–H groups in total. The number of morpholine rings is 1. The van der Waals surface area contributed by atoms with E-state index in [0.717, 1.165) is 36.9 Å². The minimum atomic E-state index is 0. The first-order valence-electron chi connectivity index (χ1n) is 9.73. The molecule has 0 bridgehead atoms. The van der Waals surface area contributed by atoms with Gasteiger partial charge in [-0.15, -0.1) is 24.0 Å². The van der Waals surface area contributed by atoms with Crippen LogP contribution in [0.25, 0.3) is 0 Å². The Morgan fingerprint density at radius 1 is 1.25 bits per heavy atom. The molecule has 0 radical (unpaired) electrons. The molecule has 0 aromatic heterocycles. The minimum absolute atomic E-state index is 0. The lowest BCUT2D eigenvalue weighted by Gasteiger charge is -2.45. The van der Waals surface area contributed by atoms with E-state index in [2.05, 4.69) is 73.3 Å². The molecule has 1 heterocycles. The molecule has 1 aromatic carbocycles. The third-order valence-corrected chi connectivity index (χ3v) is 5.08. The van der Waals surface area contributed by atoms with Gasteiger partial charge < -0.3 is 20.1 Å². The predicted octanol–water partition coefficient (Wildman–Crippen LogP) is 3.17. The second-order valence-corrected chi connectivity index (χ2v) is 8.07. The molecule has 7 heteroatoms. The molecular formula is C21H37IN4O2. The van der Waals surface area contributed by atoms with Gasteiger partial charge in [0.25, 0.3) is 0 Å². The lowest BCUT2D eigenvalue weighted by molar-refractivity contribution is -0.0946. The number of hydrogen-bond donors (Lipinski definition) is 2. The fourth-order valence-corrected chi connectivity index (χ4v) is 3.48. The molecular weight excluding hydrogens is 467 g/mol. The molecule has 1 aromatic rings. The van der Waals surface area contributed by atoms with Crippen LogP contribution in [0.5, 0.6) is 5.75 Å². The number of hydrogen-bond acceptors (Lipinski definition) is 4. The molecule has 6 nitrogen and oxygen atoms in total. The summed E-state index contributed by atoms with van der Waals surface area (Å²) in [6.07, 6.45) is 0.527. The largest absolute Gasteiger partial charge is 0.496 e. The van der Waals surface area contributed by atoms with Crippen LogP contribution in [0.15, 0.2) is 23.2 Å². The maximum atomic E-state index is 5.87. The number of nitrogens with zero attached hydrogens (tertiary/aromatic N) is 2. The first-order chi connectivity index (χ1) is 12.7. The lowest BCUT2D eigenvalue weighted by Crippen LogP contribution is -2.59. The molecule has 1 aliphatic heterocycles. The number of halogens is 1. The molecule has 2 rings (SSSR count). The summed E-state index contributed by atoms with van der Waals surface area (Å²) in [5, 5.41) is 6.86. The molecule has 28 heavy (non-hydrogen) atoms. The molecule has 1 fully saturated rings. The van der Waals surface area contributed by atoms with Gasteiger partial charge in [-0.3, -0.25) is 9.89 Å². The highest BCUT2D eigenvalue weighted by Crippen LogP contribution is 2.21. The molecule has 0 amide bonds. The van der Waals surface area contributed by atoms with Gasteiger partial charge >= 0.3 is 0 Å². The van der Waals surface area contributed by atoms with Gasteiger partial charge in [0.15, 0.2) is 5.96 Å². The van der Waals surface area contributed by atoms with Gasteiger partial charge in [0.1, 0.15) is 5.75 Å². The molecule has 2 atom stereocenters. The molecule has 0 saturated carbocycles. The summed E-state index contributed by atoms with van der Waals surface area (Å²) >= 11 is 0. The van der Waals surface area contributed by atoms with Crippen LogP contribution in [0, 0.1) is 6.92 Å². The van der Waals surface area contributed by atoms with Crippen molar-refractivity contribution in [1.82, 2.24) is 15.5 Å². The number of aliphatic imine (C=N–C) groups is 1. The summed E-state index contributed by atoms with van der Waals surface area (Å²) in [6, 6.07) is 6.24. The highest BCUT2D eigenvalue weighted by molar-refractivity contribution is 14.0. The third-order valence-electron chi connectivity index (χ3n) is 5.08. The summed E-state index contributed by atoms with van der Waals surface area (Å²) in [4.78, 5) is 6.86. The normalized spacial score (nSPS) is 21.0. The first kappa shape index (κ1) is 25.0. The van der Waals surface area contributed by atoms with Crippen molar-refractivity contribution in [2.75, 3.05) is 33.8 Å². The Morgan fingerprint density at radius 3 is 2.46 bits per heavy atom. The predicted molar refractivity (Wildman–Crippen MR) is 127 cm³/mol. The molecule has 0 spiro atoms. The monoisotopic (exact) mass is 504 g/mol. The van der Waals surface area contributed by atoms with Gasteiger partial charge in [-0.25, -0.2) is 0 Å². The van der Waals surface area contributed by atoms with Crippen LogP contribution < -0.4 is 15.4 Å². The molecule has 1 aliphatic rings. The van der Waals surface area contributed by atoms with Crippen LogP contribution in [-0.4, -0.2) is 62.4 Å². The SMILES string of the molecule is CN=C(NCc1ccc(C)cc1OC)NCC(C)(C)N1CC(C)OC(C)C1.I. The maximum Gasteiger partial charge on any atom is 0.191 e. The van der Waals surface area contributed by atoms with Crippen LogP contribution in [0.3, 0.4) is 0 Å². The van der Waals surface area contributed by atoms with Gasteiger partial charge in [0.2, 0.25) is 0 Å². The van der Waals surface area contributed by atoms with E-state index in [-0.39, 0.29) is 41.7 Å². The van der Waals surface area contributed by atoms with E-state index < -0.39 is 0 Å². The van der Waals surface area contributed by atoms with E-state index in [4.69, 9.17) is 9.47 Å². The summed E-state index contributed by atoms with van der Waals surface area (Å²) in [5.41, 5.74) is 2.31. The Kier molecular flexibility index (Phi) is 10.00. The zero-order valence-electron chi connectivity index (χ0n) is 18.3. The van der Waals surface area contributed by atoms with Gasteiger partial charge in [-0.2, -0.15) is 0 Å². The van der Waals surface area contributed by atoms with Gasteiger partial charge in [0, 0.05) is 44.3 Å². The second-order valence-electron chi connectivity index (χ2n) is 8.07. The summed E-state index contributed by atoms with van der Waals surface area (Å²) < 4.78 is 11.4. The van der Waals surface area contributed by atoms with Crippen molar-refractivity contribution in [3.63, 3.8) is 0 Å². The van der Waals surface area contributed by atoms with E-state index >= 15 is 0 Å². The summed E-state index contributed by atoms with van der Waals surface area (Å²) in [5.74, 6) is 1.69. The number of methoxy groups -OCH3 is 1. The third kappa shape index (κ3) is 7.08. The Hall–Kier alpha value is -1.06. The van der Waals surface area contributed by atoms with Gasteiger partial charge in [-0.05, 0) is 46.2 Å². The van der Waals surface area contributed by atoms with E-state index in [0.29, 0.717) is 6.54 Å². The van der Waals surface area contributed by atoms with Crippen molar-refractivity contribution < 1.29 is 9.47 Å². The molecule has 2 unspecified atom stereocenters. The average molecular weight is 504 g/mol. The van der Waals surface area contributed by atoms with E-state index in [9.17, 15) is 0 Å². The van der Waals surface area contributed by atoms with Crippen molar-refractivity contribution >= 4 is 29.9 Å². The Labute approximate surface area is 187 Å².